The van der Waals surface area contributed by atoms with E-state index < -0.39 is 0 Å². The molecule has 3 aromatic carbocycles. The van der Waals surface area contributed by atoms with Gasteiger partial charge in [-0.1, -0.05) is 42.5 Å². The van der Waals surface area contributed by atoms with Crippen molar-refractivity contribution in [3.63, 3.8) is 0 Å². The van der Waals surface area contributed by atoms with Crippen LogP contribution in [0.25, 0.3) is 0 Å². The van der Waals surface area contributed by atoms with E-state index in [1.165, 1.54) is 5.56 Å². The number of carbonyl (C=O) groups excluding carboxylic acids is 2. The smallest absolute Gasteiger partial charge is 0.317 e. The molecule has 4 aromatic rings. The van der Waals surface area contributed by atoms with E-state index in [0.29, 0.717) is 31.7 Å². The molecular weight excluding hydrogens is 542 g/mol. The minimum Gasteiger partial charge on any atom is -0.392 e. The lowest BCUT2D eigenvalue weighted by Crippen LogP contribution is -2.51. The van der Waals surface area contributed by atoms with E-state index in [2.05, 4.69) is 20.6 Å². The van der Waals surface area contributed by atoms with Crippen molar-refractivity contribution >= 4 is 29.1 Å². The van der Waals surface area contributed by atoms with E-state index in [-0.39, 0.29) is 18.5 Å². The van der Waals surface area contributed by atoms with Gasteiger partial charge in [0.25, 0.3) is 5.91 Å². The molecule has 0 atom stereocenters. The molecule has 0 unspecified atom stereocenters. The van der Waals surface area contributed by atoms with Crippen molar-refractivity contribution in [1.82, 2.24) is 24.9 Å². The van der Waals surface area contributed by atoms with Gasteiger partial charge in [0.15, 0.2) is 0 Å². The number of piperazine rings is 1. The molecule has 1 saturated heterocycles. The summed E-state index contributed by atoms with van der Waals surface area (Å²) in [4.78, 5) is 32.8. The van der Waals surface area contributed by atoms with Crippen molar-refractivity contribution < 1.29 is 14.7 Å². The maximum Gasteiger partial charge on any atom is 0.317 e. The summed E-state index contributed by atoms with van der Waals surface area (Å²) in [5, 5.41) is 20.1. The Bertz CT molecular complexity index is 1620. The lowest BCUT2D eigenvalue weighted by Gasteiger charge is -2.34. The quantitative estimate of drug-likeness (QED) is 0.317. The number of aliphatic hydroxyl groups excluding tert-OH is 1. The van der Waals surface area contributed by atoms with Crippen molar-refractivity contribution in [1.29, 1.82) is 0 Å². The first-order chi connectivity index (χ1) is 20.9. The fraction of sp³-hybridized carbons (Fsp3) is 0.303. The number of nitrogens with one attached hydrogen (secondary N) is 2. The summed E-state index contributed by atoms with van der Waals surface area (Å²) in [5.41, 5.74) is 7.24. The summed E-state index contributed by atoms with van der Waals surface area (Å²) >= 11 is 0. The number of nitrogens with zero attached hydrogens (tertiary/aromatic N) is 5. The summed E-state index contributed by atoms with van der Waals surface area (Å²) < 4.78 is 1.78. The average molecular weight is 580 g/mol. The molecule has 0 aliphatic carbocycles. The molecule has 6 rings (SSSR count). The number of hydrogen-bond acceptors (Lipinski definition) is 6. The fourth-order valence-corrected chi connectivity index (χ4v) is 5.72. The van der Waals surface area contributed by atoms with E-state index in [9.17, 15) is 14.7 Å². The van der Waals surface area contributed by atoms with Crippen LogP contribution in [0, 0.1) is 6.92 Å². The van der Waals surface area contributed by atoms with Crippen LogP contribution in [-0.4, -0.2) is 62.8 Å². The number of urea groups is 1. The van der Waals surface area contributed by atoms with Crippen molar-refractivity contribution in [2.45, 2.75) is 33.2 Å². The molecule has 1 fully saturated rings. The van der Waals surface area contributed by atoms with Crippen LogP contribution in [-0.2, 0) is 33.3 Å². The molecule has 2 aliphatic rings. The Morgan fingerprint density at radius 1 is 0.977 bits per heavy atom. The average Bonchev–Trinajstić information content (AvgIpc) is 3.28. The molecule has 2 aliphatic heterocycles. The maximum absolute atomic E-state index is 13.8. The number of hydrogen-bond donors (Lipinski definition) is 3. The van der Waals surface area contributed by atoms with Gasteiger partial charge in [0.1, 0.15) is 5.82 Å². The molecule has 1 aromatic heterocycles. The largest absolute Gasteiger partial charge is 0.392 e. The molecule has 0 spiro atoms. The van der Waals surface area contributed by atoms with Gasteiger partial charge in [0.05, 0.1) is 30.7 Å². The van der Waals surface area contributed by atoms with Gasteiger partial charge in [-0.3, -0.25) is 14.4 Å². The first kappa shape index (κ1) is 28.4. The number of aryl methyl sites for hydroxylation is 2. The third kappa shape index (κ3) is 6.11. The second-order valence-corrected chi connectivity index (χ2v) is 11.2. The van der Waals surface area contributed by atoms with Crippen LogP contribution in [0.3, 0.4) is 0 Å². The Morgan fingerprint density at radius 3 is 2.47 bits per heavy atom. The normalized spacial score (nSPS) is 14.9. The lowest BCUT2D eigenvalue weighted by molar-refractivity contribution is 0.0985. The minimum atomic E-state index is -0.0909. The molecular formula is C33H37N7O3. The SMILES string of the molecule is Cc1cc(C(=O)N2Cc3cnn(C)c3Nc3ccccc32)ccc1CNC(=O)N1CCN(Cc2ccc(CO)cc2)CC1. The van der Waals surface area contributed by atoms with Gasteiger partial charge >= 0.3 is 6.03 Å². The number of fused-ring (bicyclic) bond motifs is 2. The number of aromatic nitrogens is 2. The van der Waals surface area contributed by atoms with Gasteiger partial charge in [0.2, 0.25) is 0 Å². The molecule has 3 amide bonds. The Labute approximate surface area is 251 Å². The molecule has 10 nitrogen and oxygen atoms in total. The summed E-state index contributed by atoms with van der Waals surface area (Å²) in [6, 6.07) is 21.4. The highest BCUT2D eigenvalue weighted by Gasteiger charge is 2.27. The van der Waals surface area contributed by atoms with Crippen LogP contribution < -0.4 is 15.5 Å². The Balaban J connectivity index is 1.06. The molecule has 0 radical (unpaired) electrons. The zero-order chi connectivity index (χ0) is 29.9. The summed E-state index contributed by atoms with van der Waals surface area (Å²) in [6.07, 6.45) is 1.79. The zero-order valence-electron chi connectivity index (χ0n) is 24.6. The predicted molar refractivity (Wildman–Crippen MR) is 166 cm³/mol. The minimum absolute atomic E-state index is 0.0505. The zero-order valence-corrected chi connectivity index (χ0v) is 24.6. The van der Waals surface area contributed by atoms with Crippen LogP contribution in [0.1, 0.15) is 38.2 Å². The van der Waals surface area contributed by atoms with E-state index in [1.54, 1.807) is 15.8 Å². The predicted octanol–water partition coefficient (Wildman–Crippen LogP) is 4.15. The Hall–Kier alpha value is -4.67. The summed E-state index contributed by atoms with van der Waals surface area (Å²) in [5.74, 6) is 0.784. The second kappa shape index (κ2) is 12.3. The molecule has 222 valence electrons. The van der Waals surface area contributed by atoms with E-state index in [1.807, 2.05) is 85.6 Å². The van der Waals surface area contributed by atoms with Crippen LogP contribution in [0.2, 0.25) is 0 Å². The van der Waals surface area contributed by atoms with E-state index >= 15 is 0 Å². The van der Waals surface area contributed by atoms with Crippen LogP contribution in [0.5, 0.6) is 0 Å². The molecule has 0 saturated carbocycles. The van der Waals surface area contributed by atoms with E-state index in [4.69, 9.17) is 0 Å². The molecule has 10 heteroatoms. The van der Waals surface area contributed by atoms with Gasteiger partial charge < -0.3 is 25.5 Å². The van der Waals surface area contributed by atoms with Crippen molar-refractivity contribution in [2.24, 2.45) is 7.05 Å². The second-order valence-electron chi connectivity index (χ2n) is 11.2. The van der Waals surface area contributed by atoms with Crippen molar-refractivity contribution in [2.75, 3.05) is 36.4 Å². The highest BCUT2D eigenvalue weighted by atomic mass is 16.3. The number of amides is 3. The van der Waals surface area contributed by atoms with E-state index in [0.717, 1.165) is 59.1 Å². The van der Waals surface area contributed by atoms with Gasteiger partial charge in [-0.15, -0.1) is 0 Å². The van der Waals surface area contributed by atoms with Crippen LogP contribution in [0.15, 0.2) is 72.9 Å². The standard InChI is InChI=1S/C33H37N7O3/c1-23-17-26(32(42)40-21-28-19-35-37(2)31(28)36-29-5-3-4-6-30(29)40)11-12-27(23)18-34-33(43)39-15-13-38(14-16-39)20-24-7-9-25(22-41)10-8-24/h3-12,17,19,36,41H,13-16,18,20-22H2,1-2H3,(H,34,43). The van der Waals surface area contributed by atoms with Crippen LogP contribution >= 0.6 is 0 Å². The van der Waals surface area contributed by atoms with Crippen molar-refractivity contribution in [3.05, 3.63) is 106 Å². The third-order valence-electron chi connectivity index (χ3n) is 8.33. The molecule has 0 bridgehead atoms. The number of anilines is 3. The highest BCUT2D eigenvalue weighted by molar-refractivity contribution is 6.08. The van der Waals surface area contributed by atoms with Gasteiger partial charge in [0, 0.05) is 57.4 Å². The molecule has 3 N–H and O–H groups in total. The van der Waals surface area contributed by atoms with Gasteiger partial charge in [-0.05, 0) is 53.4 Å². The number of benzene rings is 3. The number of rotatable bonds is 6. The first-order valence-electron chi connectivity index (χ1n) is 14.6. The Morgan fingerprint density at radius 2 is 1.72 bits per heavy atom. The number of para-hydroxylation sites is 2. The maximum atomic E-state index is 13.8. The summed E-state index contributed by atoms with van der Waals surface area (Å²) in [6.45, 7) is 6.60. The van der Waals surface area contributed by atoms with Gasteiger partial charge in [-0.25, -0.2) is 4.79 Å². The fourth-order valence-electron chi connectivity index (χ4n) is 5.72. The first-order valence-corrected chi connectivity index (χ1v) is 14.6. The summed E-state index contributed by atoms with van der Waals surface area (Å²) in [7, 11) is 1.88. The number of carbonyl (C=O) groups is 2. The topological polar surface area (TPSA) is 106 Å². The highest BCUT2D eigenvalue weighted by Crippen LogP contribution is 2.36. The van der Waals surface area contributed by atoms with Crippen LogP contribution in [0.4, 0.5) is 22.0 Å². The lowest BCUT2D eigenvalue weighted by atomic mass is 10.0. The third-order valence-corrected chi connectivity index (χ3v) is 8.33. The van der Waals surface area contributed by atoms with Crippen molar-refractivity contribution in [3.8, 4) is 0 Å². The molecule has 3 heterocycles. The monoisotopic (exact) mass is 579 g/mol. The Kier molecular flexibility index (Phi) is 8.13. The molecule has 43 heavy (non-hydrogen) atoms. The number of aliphatic hydroxyl groups is 1. The van der Waals surface area contributed by atoms with Gasteiger partial charge in [-0.2, -0.15) is 5.10 Å².